The third-order valence-corrected chi connectivity index (χ3v) is 3.79. The number of rotatable bonds is 3. The molecule has 20 heavy (non-hydrogen) atoms. The Balaban J connectivity index is 1.99. The van der Waals surface area contributed by atoms with Crippen molar-refractivity contribution in [2.45, 2.75) is 26.3 Å². The zero-order chi connectivity index (χ0) is 13.9. The Morgan fingerprint density at radius 3 is 2.80 bits per heavy atom. The van der Waals surface area contributed by atoms with E-state index < -0.39 is 0 Å². The average molecular weight is 270 g/mol. The number of nitrogens with zero attached hydrogens (tertiary/aromatic N) is 3. The Morgan fingerprint density at radius 2 is 2.10 bits per heavy atom. The summed E-state index contributed by atoms with van der Waals surface area (Å²) in [7, 11) is 0. The Morgan fingerprint density at radius 1 is 1.30 bits per heavy atom. The van der Waals surface area contributed by atoms with E-state index in [1.165, 1.54) is 5.69 Å². The van der Waals surface area contributed by atoms with E-state index in [2.05, 4.69) is 59.1 Å². The van der Waals surface area contributed by atoms with Crippen LogP contribution in [0.25, 0.3) is 5.69 Å². The van der Waals surface area contributed by atoms with E-state index in [0.29, 0.717) is 6.04 Å². The lowest BCUT2D eigenvalue weighted by atomic mass is 10.2. The summed E-state index contributed by atoms with van der Waals surface area (Å²) >= 11 is 0. The van der Waals surface area contributed by atoms with Gasteiger partial charge in [0.15, 0.2) is 0 Å². The predicted molar refractivity (Wildman–Crippen MR) is 82.6 cm³/mol. The Kier molecular flexibility index (Phi) is 3.74. The van der Waals surface area contributed by atoms with Gasteiger partial charge in [0.25, 0.3) is 0 Å². The largest absolute Gasteiger partial charge is 0.339 e. The molecule has 106 valence electrons. The quantitative estimate of drug-likeness (QED) is 0.928. The summed E-state index contributed by atoms with van der Waals surface area (Å²) in [6.45, 7) is 7.42. The predicted octanol–water partition coefficient (Wildman–Crippen LogP) is 2.23. The van der Waals surface area contributed by atoms with Crippen LogP contribution in [0.2, 0.25) is 0 Å². The fraction of sp³-hybridized carbons (Fsp3) is 0.438. The van der Waals surface area contributed by atoms with Crippen LogP contribution < -0.4 is 10.2 Å². The second kappa shape index (κ2) is 5.67. The first-order valence-corrected chi connectivity index (χ1v) is 7.40. The summed E-state index contributed by atoms with van der Waals surface area (Å²) in [6.07, 6.45) is 3.13. The van der Waals surface area contributed by atoms with Gasteiger partial charge >= 0.3 is 0 Å². The van der Waals surface area contributed by atoms with Crippen LogP contribution in [0, 0.1) is 0 Å². The molecule has 0 saturated carbocycles. The molecule has 0 radical (unpaired) electrons. The molecule has 1 atom stereocenters. The summed E-state index contributed by atoms with van der Waals surface area (Å²) in [4.78, 5) is 7.21. The number of imidazole rings is 1. The smallest absolute Gasteiger partial charge is 0.210 e. The highest BCUT2D eigenvalue weighted by molar-refractivity contribution is 5.45. The van der Waals surface area contributed by atoms with Crippen molar-refractivity contribution in [1.82, 2.24) is 14.9 Å². The SMILES string of the molecule is CCc1cn(-c2ccccc2)c(N2CCNC(C)C2)n1. The molecule has 1 aromatic carbocycles. The van der Waals surface area contributed by atoms with Crippen LogP contribution >= 0.6 is 0 Å². The van der Waals surface area contributed by atoms with Crippen molar-refractivity contribution in [2.75, 3.05) is 24.5 Å². The van der Waals surface area contributed by atoms with E-state index in [0.717, 1.165) is 37.7 Å². The molecule has 2 heterocycles. The number of hydrogen-bond donors (Lipinski definition) is 1. The summed E-state index contributed by atoms with van der Waals surface area (Å²) in [5.74, 6) is 1.07. The lowest BCUT2D eigenvalue weighted by Gasteiger charge is -2.32. The van der Waals surface area contributed by atoms with Crippen molar-refractivity contribution in [2.24, 2.45) is 0 Å². The van der Waals surface area contributed by atoms with Gasteiger partial charge in [-0.25, -0.2) is 4.98 Å². The number of benzene rings is 1. The molecule has 2 aromatic rings. The van der Waals surface area contributed by atoms with E-state index in [9.17, 15) is 0 Å². The monoisotopic (exact) mass is 270 g/mol. The topological polar surface area (TPSA) is 33.1 Å². The van der Waals surface area contributed by atoms with Crippen LogP contribution in [-0.2, 0) is 6.42 Å². The fourth-order valence-electron chi connectivity index (χ4n) is 2.70. The number of nitrogens with one attached hydrogen (secondary N) is 1. The van der Waals surface area contributed by atoms with Crippen LogP contribution in [0.4, 0.5) is 5.95 Å². The Labute approximate surface area is 120 Å². The maximum absolute atomic E-state index is 4.82. The number of anilines is 1. The molecule has 1 fully saturated rings. The molecular formula is C16H22N4. The highest BCUT2D eigenvalue weighted by atomic mass is 15.3. The Hall–Kier alpha value is -1.81. The number of piperazine rings is 1. The van der Waals surface area contributed by atoms with Crippen molar-refractivity contribution < 1.29 is 0 Å². The summed E-state index contributed by atoms with van der Waals surface area (Å²) in [6, 6.07) is 11.0. The first-order valence-electron chi connectivity index (χ1n) is 7.40. The van der Waals surface area contributed by atoms with E-state index in [-0.39, 0.29) is 0 Å². The molecular weight excluding hydrogens is 248 g/mol. The van der Waals surface area contributed by atoms with Crippen LogP contribution in [0.15, 0.2) is 36.5 Å². The highest BCUT2D eigenvalue weighted by Gasteiger charge is 2.21. The van der Waals surface area contributed by atoms with Crippen LogP contribution in [-0.4, -0.2) is 35.2 Å². The zero-order valence-electron chi connectivity index (χ0n) is 12.2. The molecule has 1 aromatic heterocycles. The van der Waals surface area contributed by atoms with Gasteiger partial charge in [0.1, 0.15) is 0 Å². The van der Waals surface area contributed by atoms with Crippen molar-refractivity contribution in [3.05, 3.63) is 42.2 Å². The van der Waals surface area contributed by atoms with E-state index in [4.69, 9.17) is 4.98 Å². The van der Waals surface area contributed by atoms with Gasteiger partial charge in [-0.2, -0.15) is 0 Å². The molecule has 1 aliphatic heterocycles. The molecule has 4 heteroatoms. The van der Waals surface area contributed by atoms with E-state index in [1.54, 1.807) is 0 Å². The first-order chi connectivity index (χ1) is 9.78. The summed E-state index contributed by atoms with van der Waals surface area (Å²) < 4.78 is 2.22. The van der Waals surface area contributed by atoms with Crippen LogP contribution in [0.5, 0.6) is 0 Å². The second-order valence-electron chi connectivity index (χ2n) is 5.39. The number of para-hydroxylation sites is 1. The number of aryl methyl sites for hydroxylation is 1. The minimum Gasteiger partial charge on any atom is -0.339 e. The molecule has 1 N–H and O–H groups in total. The number of aromatic nitrogens is 2. The van der Waals surface area contributed by atoms with Crippen LogP contribution in [0.1, 0.15) is 19.5 Å². The summed E-state index contributed by atoms with van der Waals surface area (Å²) in [5.41, 5.74) is 2.33. The maximum Gasteiger partial charge on any atom is 0.210 e. The van der Waals surface area contributed by atoms with Gasteiger partial charge in [-0.15, -0.1) is 0 Å². The van der Waals surface area contributed by atoms with Gasteiger partial charge in [0.05, 0.1) is 5.69 Å². The van der Waals surface area contributed by atoms with Crippen molar-refractivity contribution in [3.8, 4) is 5.69 Å². The molecule has 0 spiro atoms. The third-order valence-electron chi connectivity index (χ3n) is 3.79. The molecule has 0 aliphatic carbocycles. The minimum absolute atomic E-state index is 0.509. The van der Waals surface area contributed by atoms with E-state index in [1.807, 2.05) is 6.07 Å². The van der Waals surface area contributed by atoms with Gasteiger partial charge in [0.2, 0.25) is 5.95 Å². The van der Waals surface area contributed by atoms with Gasteiger partial charge < -0.3 is 10.2 Å². The van der Waals surface area contributed by atoms with Gasteiger partial charge in [-0.05, 0) is 25.5 Å². The zero-order valence-corrected chi connectivity index (χ0v) is 12.2. The average Bonchev–Trinajstić information content (AvgIpc) is 2.92. The normalized spacial score (nSPS) is 19.3. The molecule has 1 saturated heterocycles. The minimum atomic E-state index is 0.509. The van der Waals surface area contributed by atoms with Crippen molar-refractivity contribution >= 4 is 5.95 Å². The molecule has 3 rings (SSSR count). The fourth-order valence-corrected chi connectivity index (χ4v) is 2.70. The lowest BCUT2D eigenvalue weighted by molar-refractivity contribution is 0.478. The van der Waals surface area contributed by atoms with Crippen LogP contribution in [0.3, 0.4) is 0 Å². The first kappa shape index (κ1) is 13.2. The van der Waals surface area contributed by atoms with Crippen molar-refractivity contribution in [3.63, 3.8) is 0 Å². The number of hydrogen-bond acceptors (Lipinski definition) is 3. The van der Waals surface area contributed by atoms with Crippen molar-refractivity contribution in [1.29, 1.82) is 0 Å². The summed E-state index contributed by atoms with van der Waals surface area (Å²) in [5, 5.41) is 3.48. The van der Waals surface area contributed by atoms with Gasteiger partial charge in [-0.3, -0.25) is 4.57 Å². The molecule has 4 nitrogen and oxygen atoms in total. The molecule has 0 amide bonds. The maximum atomic E-state index is 4.82. The molecule has 1 aliphatic rings. The standard InChI is InChI=1S/C16H22N4/c1-3-14-12-20(15-7-5-4-6-8-15)16(18-14)19-10-9-17-13(2)11-19/h4-8,12-13,17H,3,9-11H2,1-2H3. The van der Waals surface area contributed by atoms with E-state index >= 15 is 0 Å². The third kappa shape index (κ3) is 2.56. The molecule has 0 bridgehead atoms. The highest BCUT2D eigenvalue weighted by Crippen LogP contribution is 2.21. The lowest BCUT2D eigenvalue weighted by Crippen LogP contribution is -2.50. The van der Waals surface area contributed by atoms with Gasteiger partial charge in [-0.1, -0.05) is 25.1 Å². The Bertz CT molecular complexity index is 561. The second-order valence-corrected chi connectivity index (χ2v) is 5.39. The molecule has 1 unspecified atom stereocenters. The van der Waals surface area contributed by atoms with Gasteiger partial charge in [0, 0.05) is 37.6 Å².